The van der Waals surface area contributed by atoms with Crippen LogP contribution in [0.5, 0.6) is 0 Å². The van der Waals surface area contributed by atoms with Gasteiger partial charge in [-0.25, -0.2) is 0 Å². The molecule has 0 heterocycles. The van der Waals surface area contributed by atoms with E-state index in [1.807, 2.05) is 5.70 Å². The van der Waals surface area contributed by atoms with Crippen molar-refractivity contribution in [2.75, 3.05) is 19.6 Å². The molecule has 0 aromatic carbocycles. The number of hydrogen-bond donors (Lipinski definition) is 0. The smallest absolute Gasteiger partial charge is 0.196 e. The van der Waals surface area contributed by atoms with Gasteiger partial charge in [0, 0.05) is 19.6 Å². The van der Waals surface area contributed by atoms with Gasteiger partial charge in [0.25, 0.3) is 0 Å². The van der Waals surface area contributed by atoms with Crippen molar-refractivity contribution in [1.82, 2.24) is 0 Å². The molecule has 2 nitrogen and oxygen atoms in total. The van der Waals surface area contributed by atoms with Gasteiger partial charge in [-0.15, -0.1) is 12.3 Å². The van der Waals surface area contributed by atoms with Gasteiger partial charge in [0.15, 0.2) is 7.37 Å². The van der Waals surface area contributed by atoms with Crippen molar-refractivity contribution in [1.29, 1.82) is 0 Å². The number of hydrogen-bond acceptors (Lipinski definition) is 2. The van der Waals surface area contributed by atoms with E-state index < -0.39 is 16.2 Å². The lowest BCUT2D eigenvalue weighted by Gasteiger charge is -2.09. The third-order valence-corrected chi connectivity index (χ3v) is 3.60. The van der Waals surface area contributed by atoms with Gasteiger partial charge in [0.05, 0.1) is 8.80 Å². The van der Waals surface area contributed by atoms with Crippen LogP contribution in [0.1, 0.15) is 0 Å². The molecule has 0 aromatic heterocycles. The van der Waals surface area contributed by atoms with Crippen LogP contribution in [0.2, 0.25) is 6.55 Å². The molecule has 0 radical (unpaired) electrons. The van der Waals surface area contributed by atoms with Crippen LogP contribution in [-0.4, -0.2) is 28.4 Å². The fourth-order valence-corrected chi connectivity index (χ4v) is 2.88. The summed E-state index contributed by atoms with van der Waals surface area (Å²) in [4.78, 5) is 0. The Hall–Kier alpha value is 0.147. The van der Waals surface area contributed by atoms with E-state index in [9.17, 15) is 4.57 Å². The van der Waals surface area contributed by atoms with Crippen molar-refractivity contribution in [2.45, 2.75) is 6.55 Å². The minimum Gasteiger partial charge on any atom is -0.332 e. The van der Waals surface area contributed by atoms with E-state index in [0.29, 0.717) is 6.23 Å². The Labute approximate surface area is 64.3 Å². The molecule has 1 atom stereocenters. The first kappa shape index (κ1) is 10.1. The average molecular weight is 178 g/mol. The zero-order valence-corrected chi connectivity index (χ0v) is 8.88. The molecule has 10 heavy (non-hydrogen) atoms. The molecule has 0 bridgehead atoms. The molecular weight excluding hydrogens is 163 g/mol. The van der Waals surface area contributed by atoms with Crippen LogP contribution in [0.15, 0.2) is 12.3 Å². The van der Waals surface area contributed by atoms with Crippen LogP contribution in [-0.2, 0) is 9.09 Å². The lowest BCUT2D eigenvalue weighted by molar-refractivity contribution is 0.378. The normalized spacial score (nSPS) is 14.7. The Morgan fingerprint density at radius 2 is 2.20 bits per heavy atom. The summed E-state index contributed by atoms with van der Waals surface area (Å²) >= 11 is 0. The highest BCUT2D eigenvalue weighted by molar-refractivity contribution is 7.57. The first-order chi connectivity index (χ1) is 4.45. The van der Waals surface area contributed by atoms with E-state index in [1.54, 1.807) is 13.3 Å². The Morgan fingerprint density at radius 1 is 1.70 bits per heavy atom. The highest BCUT2D eigenvalue weighted by atomic mass is 31.2. The zero-order chi connectivity index (χ0) is 8.20. The minimum absolute atomic E-state index is 0.647. The summed E-state index contributed by atoms with van der Waals surface area (Å²) in [7, 11) is -3.16. The second-order valence-electron chi connectivity index (χ2n) is 2.76. The summed E-state index contributed by atoms with van der Waals surface area (Å²) in [6, 6.07) is 0. The van der Waals surface area contributed by atoms with Gasteiger partial charge in [0.2, 0.25) is 0 Å². The minimum atomic E-state index is -2.25. The number of rotatable bonds is 4. The fraction of sp³-hybridized carbons (Fsp3) is 0.667. The van der Waals surface area contributed by atoms with Gasteiger partial charge >= 0.3 is 0 Å². The SMILES string of the molecule is C=C[SiH](C)COP(C)(C)=O. The molecule has 4 heteroatoms. The highest BCUT2D eigenvalue weighted by Gasteiger charge is 2.08. The van der Waals surface area contributed by atoms with Crippen molar-refractivity contribution in [2.24, 2.45) is 0 Å². The van der Waals surface area contributed by atoms with E-state index >= 15 is 0 Å². The summed E-state index contributed by atoms with van der Waals surface area (Å²) in [5.41, 5.74) is 1.93. The van der Waals surface area contributed by atoms with Crippen LogP contribution in [0.3, 0.4) is 0 Å². The molecule has 0 N–H and O–H groups in total. The summed E-state index contributed by atoms with van der Waals surface area (Å²) < 4.78 is 16.1. The first-order valence-corrected chi connectivity index (χ1v) is 8.43. The zero-order valence-electron chi connectivity index (χ0n) is 6.83. The summed E-state index contributed by atoms with van der Waals surface area (Å²) in [6.45, 7) is 9.04. The monoisotopic (exact) mass is 178 g/mol. The lowest BCUT2D eigenvalue weighted by Crippen LogP contribution is -2.11. The third-order valence-electron chi connectivity index (χ3n) is 1.05. The van der Waals surface area contributed by atoms with E-state index in [2.05, 4.69) is 13.1 Å². The molecule has 0 amide bonds. The van der Waals surface area contributed by atoms with Crippen LogP contribution in [0.25, 0.3) is 0 Å². The maximum Gasteiger partial charge on any atom is 0.196 e. The molecule has 0 saturated carbocycles. The van der Waals surface area contributed by atoms with Gasteiger partial charge in [-0.1, -0.05) is 6.55 Å². The molecule has 0 spiro atoms. The van der Waals surface area contributed by atoms with Gasteiger partial charge in [-0.3, -0.25) is 4.57 Å². The van der Waals surface area contributed by atoms with Crippen LogP contribution < -0.4 is 0 Å². The van der Waals surface area contributed by atoms with Gasteiger partial charge in [-0.2, -0.15) is 0 Å². The van der Waals surface area contributed by atoms with Crippen molar-refractivity contribution in [3.8, 4) is 0 Å². The fourth-order valence-electron chi connectivity index (χ4n) is 0.365. The first-order valence-electron chi connectivity index (χ1n) is 3.28. The van der Waals surface area contributed by atoms with Crippen LogP contribution in [0.4, 0.5) is 0 Å². The van der Waals surface area contributed by atoms with Crippen molar-refractivity contribution in [3.63, 3.8) is 0 Å². The van der Waals surface area contributed by atoms with E-state index in [4.69, 9.17) is 4.52 Å². The summed E-state index contributed by atoms with van der Waals surface area (Å²) in [5, 5.41) is 0. The lowest BCUT2D eigenvalue weighted by atomic mass is 11.3. The molecular formula is C6H15O2PSi. The topological polar surface area (TPSA) is 26.3 Å². The molecule has 0 saturated heterocycles. The Morgan fingerprint density at radius 3 is 2.50 bits per heavy atom. The standard InChI is InChI=1S/C6H15O2PSi/c1-5-10(4)6-8-9(2,3)7/h5,10H,1,6H2,2-4H3. The van der Waals surface area contributed by atoms with E-state index in [-0.39, 0.29) is 0 Å². The molecule has 0 aliphatic rings. The Balaban J connectivity index is 3.55. The molecule has 0 aliphatic carbocycles. The Kier molecular flexibility index (Phi) is 4.18. The second kappa shape index (κ2) is 4.11. The molecule has 0 rings (SSSR count). The quantitative estimate of drug-likeness (QED) is 0.483. The maximum atomic E-state index is 11.0. The molecule has 0 aromatic rings. The Bertz CT molecular complexity index is 152. The van der Waals surface area contributed by atoms with Crippen LogP contribution >= 0.6 is 7.37 Å². The van der Waals surface area contributed by atoms with Gasteiger partial charge < -0.3 is 4.52 Å². The molecule has 1 unspecified atom stereocenters. The van der Waals surface area contributed by atoms with Crippen molar-refractivity contribution >= 4 is 16.2 Å². The highest BCUT2D eigenvalue weighted by Crippen LogP contribution is 2.36. The summed E-state index contributed by atoms with van der Waals surface area (Å²) in [6.07, 6.45) is 0.647. The van der Waals surface area contributed by atoms with Crippen LogP contribution in [0, 0.1) is 0 Å². The molecule has 0 fully saturated rings. The van der Waals surface area contributed by atoms with Gasteiger partial charge in [0.1, 0.15) is 0 Å². The largest absolute Gasteiger partial charge is 0.332 e. The van der Waals surface area contributed by atoms with E-state index in [1.165, 1.54) is 0 Å². The van der Waals surface area contributed by atoms with Crippen molar-refractivity contribution in [3.05, 3.63) is 12.3 Å². The molecule has 60 valence electrons. The van der Waals surface area contributed by atoms with Crippen molar-refractivity contribution < 1.29 is 9.09 Å². The average Bonchev–Trinajstić information content (AvgIpc) is 1.81. The van der Waals surface area contributed by atoms with Gasteiger partial charge in [-0.05, 0) is 0 Å². The third kappa shape index (κ3) is 6.27. The summed E-state index contributed by atoms with van der Waals surface area (Å²) in [5.74, 6) is 0. The van der Waals surface area contributed by atoms with E-state index in [0.717, 1.165) is 0 Å². The second-order valence-corrected chi connectivity index (χ2v) is 8.28. The molecule has 0 aliphatic heterocycles. The predicted octanol–water partition coefficient (Wildman–Crippen LogP) is 1.66. The predicted molar refractivity (Wildman–Crippen MR) is 48.6 cm³/mol. The maximum absolute atomic E-state index is 11.0.